The van der Waals surface area contributed by atoms with Crippen LogP contribution in [0, 0.1) is 0 Å². The standard InChI is InChI=1S/C54H51O5P/c1-53(2,3)36-30-43(56-7)49(44(31-36)57-8)50-47(28-27-42(51(50)55)48-40-25-17-15-19-34(40)29-35-20-16-18-26-41(35)48)60-52-45(58-38-21-11-9-12-22-38)32-37(54(4,5)6)33-46(52)59-39-23-13-10-14-24-39/h9-33,55,60H,1-8H3. The second-order valence-corrected chi connectivity index (χ2v) is 18.4. The second kappa shape index (κ2) is 16.4. The normalized spacial score (nSPS) is 12.0. The van der Waals surface area contributed by atoms with Crippen molar-refractivity contribution in [2.24, 2.45) is 0 Å². The van der Waals surface area contributed by atoms with Gasteiger partial charge in [0, 0.05) is 16.7 Å². The van der Waals surface area contributed by atoms with Crippen molar-refractivity contribution in [3.8, 4) is 62.5 Å². The number of phenolic OH excluding ortho intramolecular Hbond substituents is 1. The number of para-hydroxylation sites is 2. The number of hydrogen-bond donors (Lipinski definition) is 1. The summed E-state index contributed by atoms with van der Waals surface area (Å²) in [6, 6.07) is 51.2. The van der Waals surface area contributed by atoms with E-state index in [4.69, 9.17) is 18.9 Å². The van der Waals surface area contributed by atoms with Crippen LogP contribution in [0.4, 0.5) is 0 Å². The first-order valence-electron chi connectivity index (χ1n) is 20.3. The van der Waals surface area contributed by atoms with Gasteiger partial charge in [-0.3, -0.25) is 0 Å². The largest absolute Gasteiger partial charge is 0.507 e. The van der Waals surface area contributed by atoms with E-state index in [-0.39, 0.29) is 25.2 Å². The molecule has 0 bridgehead atoms. The van der Waals surface area contributed by atoms with Gasteiger partial charge in [-0.2, -0.15) is 0 Å². The van der Waals surface area contributed by atoms with Crippen molar-refractivity contribution in [3.63, 3.8) is 0 Å². The van der Waals surface area contributed by atoms with E-state index < -0.39 is 0 Å². The third-order valence-corrected chi connectivity index (χ3v) is 12.4. The van der Waals surface area contributed by atoms with E-state index in [1.807, 2.05) is 60.7 Å². The molecule has 0 radical (unpaired) electrons. The van der Waals surface area contributed by atoms with Gasteiger partial charge in [-0.1, -0.05) is 141 Å². The van der Waals surface area contributed by atoms with Crippen LogP contribution in [0.1, 0.15) is 52.7 Å². The maximum absolute atomic E-state index is 13.1. The van der Waals surface area contributed by atoms with Crippen LogP contribution < -0.4 is 29.6 Å². The molecule has 0 aliphatic carbocycles. The molecule has 1 N–H and O–H groups in total. The minimum absolute atomic E-state index is 0.0443. The molecule has 1 unspecified atom stereocenters. The fourth-order valence-electron chi connectivity index (χ4n) is 7.72. The van der Waals surface area contributed by atoms with E-state index >= 15 is 0 Å². The molecule has 0 spiro atoms. The van der Waals surface area contributed by atoms with Crippen molar-refractivity contribution >= 4 is 40.7 Å². The fourth-order valence-corrected chi connectivity index (χ4v) is 9.02. The van der Waals surface area contributed by atoms with Gasteiger partial charge in [-0.05, 0) is 109 Å². The Labute approximate surface area is 355 Å². The molecule has 5 nitrogen and oxygen atoms in total. The SMILES string of the molecule is COc1cc(C(C)(C)C)cc(OC)c1-c1c(Pc2c(Oc3ccccc3)cc(C(C)(C)C)cc2Oc2ccccc2)ccc(-c2c3ccccc3cc3ccccc23)c1O. The lowest BCUT2D eigenvalue weighted by Crippen LogP contribution is -2.17. The first kappa shape index (κ1) is 40.5. The van der Waals surface area contributed by atoms with Crippen molar-refractivity contribution in [2.75, 3.05) is 14.2 Å². The summed E-state index contributed by atoms with van der Waals surface area (Å²) in [5.74, 6) is 4.11. The molecule has 0 fully saturated rings. The minimum atomic E-state index is -0.215. The van der Waals surface area contributed by atoms with Gasteiger partial charge in [0.05, 0.1) is 25.1 Å². The van der Waals surface area contributed by atoms with Gasteiger partial charge < -0.3 is 24.1 Å². The summed E-state index contributed by atoms with van der Waals surface area (Å²) in [5, 5.41) is 19.1. The Morgan fingerprint density at radius 2 is 0.883 bits per heavy atom. The Bertz CT molecular complexity index is 2690. The topological polar surface area (TPSA) is 57.2 Å². The Morgan fingerprint density at radius 1 is 0.450 bits per heavy atom. The van der Waals surface area contributed by atoms with Crippen LogP contribution >= 0.6 is 8.58 Å². The zero-order chi connectivity index (χ0) is 42.2. The number of benzene rings is 8. The van der Waals surface area contributed by atoms with Crippen LogP contribution in [0.3, 0.4) is 0 Å². The molecule has 1 atom stereocenters. The number of phenols is 1. The van der Waals surface area contributed by atoms with Gasteiger partial charge in [-0.15, -0.1) is 0 Å². The first-order chi connectivity index (χ1) is 28.8. The van der Waals surface area contributed by atoms with E-state index in [9.17, 15) is 5.11 Å². The fraction of sp³-hybridized carbons (Fsp3) is 0.185. The van der Waals surface area contributed by atoms with Gasteiger partial charge >= 0.3 is 0 Å². The summed E-state index contributed by atoms with van der Waals surface area (Å²) in [6.07, 6.45) is 0. The van der Waals surface area contributed by atoms with Crippen molar-refractivity contribution < 1.29 is 24.1 Å². The Morgan fingerprint density at radius 3 is 1.33 bits per heavy atom. The summed E-state index contributed by atoms with van der Waals surface area (Å²) in [4.78, 5) is 0. The van der Waals surface area contributed by atoms with Gasteiger partial charge in [-0.25, -0.2) is 0 Å². The summed E-state index contributed by atoms with van der Waals surface area (Å²) in [6.45, 7) is 13.1. The zero-order valence-electron chi connectivity index (χ0n) is 35.5. The molecule has 8 aromatic rings. The second-order valence-electron chi connectivity index (χ2n) is 17.1. The van der Waals surface area contributed by atoms with Crippen LogP contribution in [0.25, 0.3) is 43.8 Å². The molecule has 0 aliphatic heterocycles. The highest BCUT2D eigenvalue weighted by molar-refractivity contribution is 7.56. The van der Waals surface area contributed by atoms with Crippen molar-refractivity contribution in [1.82, 2.24) is 0 Å². The van der Waals surface area contributed by atoms with Gasteiger partial charge in [0.2, 0.25) is 0 Å². The molecular weight excluding hydrogens is 760 g/mol. The number of rotatable bonds is 10. The molecule has 0 heterocycles. The van der Waals surface area contributed by atoms with Gasteiger partial charge in [0.1, 0.15) is 40.2 Å². The minimum Gasteiger partial charge on any atom is -0.507 e. The predicted molar refractivity (Wildman–Crippen MR) is 252 cm³/mol. The van der Waals surface area contributed by atoms with Gasteiger partial charge in [0.25, 0.3) is 0 Å². The lowest BCUT2D eigenvalue weighted by atomic mass is 9.84. The van der Waals surface area contributed by atoms with Crippen molar-refractivity contribution in [2.45, 2.75) is 52.4 Å². The van der Waals surface area contributed by atoms with Crippen LogP contribution in [0.2, 0.25) is 0 Å². The zero-order valence-corrected chi connectivity index (χ0v) is 36.5. The van der Waals surface area contributed by atoms with Crippen LogP contribution in [-0.2, 0) is 10.8 Å². The average molecular weight is 811 g/mol. The lowest BCUT2D eigenvalue weighted by Gasteiger charge is -2.26. The number of aromatic hydroxyl groups is 1. The maximum Gasteiger partial charge on any atom is 0.139 e. The monoisotopic (exact) mass is 810 g/mol. The molecular formula is C54H51O5P. The molecule has 0 saturated heterocycles. The average Bonchev–Trinajstić information content (AvgIpc) is 3.23. The molecule has 302 valence electrons. The molecule has 0 aromatic heterocycles. The lowest BCUT2D eigenvalue weighted by molar-refractivity contribution is 0.393. The molecule has 0 aliphatic rings. The van der Waals surface area contributed by atoms with E-state index in [2.05, 4.69) is 133 Å². The molecule has 8 rings (SSSR count). The van der Waals surface area contributed by atoms with Crippen LogP contribution in [0.15, 0.2) is 152 Å². The third kappa shape index (κ3) is 8.03. The molecule has 8 aromatic carbocycles. The number of ether oxygens (including phenoxy) is 4. The van der Waals surface area contributed by atoms with E-state index in [0.29, 0.717) is 51.2 Å². The summed E-state index contributed by atoms with van der Waals surface area (Å²) >= 11 is 0. The quantitative estimate of drug-likeness (QED) is 0.110. The summed E-state index contributed by atoms with van der Waals surface area (Å²) < 4.78 is 26.1. The molecule has 0 amide bonds. The van der Waals surface area contributed by atoms with E-state index in [1.54, 1.807) is 14.2 Å². The molecule has 60 heavy (non-hydrogen) atoms. The highest BCUT2D eigenvalue weighted by Crippen LogP contribution is 2.51. The van der Waals surface area contributed by atoms with Crippen molar-refractivity contribution in [1.29, 1.82) is 0 Å². The van der Waals surface area contributed by atoms with E-state index in [0.717, 1.165) is 48.8 Å². The molecule has 0 saturated carbocycles. The summed E-state index contributed by atoms with van der Waals surface area (Å²) in [7, 11) is 3.31. The van der Waals surface area contributed by atoms with Crippen molar-refractivity contribution in [3.05, 3.63) is 163 Å². The Hall–Kier alpha value is -6.29. The van der Waals surface area contributed by atoms with Crippen LogP contribution in [-0.4, -0.2) is 19.3 Å². The number of fused-ring (bicyclic) bond motifs is 2. The smallest absolute Gasteiger partial charge is 0.139 e. The van der Waals surface area contributed by atoms with E-state index in [1.165, 1.54) is 0 Å². The third-order valence-electron chi connectivity index (χ3n) is 11.0. The van der Waals surface area contributed by atoms with Crippen LogP contribution in [0.5, 0.6) is 40.2 Å². The Balaban J connectivity index is 1.45. The summed E-state index contributed by atoms with van der Waals surface area (Å²) in [5.41, 5.74) is 4.65. The first-order valence-corrected chi connectivity index (χ1v) is 21.3. The number of hydrogen-bond acceptors (Lipinski definition) is 5. The maximum atomic E-state index is 13.1. The highest BCUT2D eigenvalue weighted by Gasteiger charge is 2.29. The van der Waals surface area contributed by atoms with Gasteiger partial charge in [0.15, 0.2) is 0 Å². The molecule has 6 heteroatoms. The Kier molecular flexibility index (Phi) is 11.1. The highest BCUT2D eigenvalue weighted by atomic mass is 31.1. The predicted octanol–water partition coefficient (Wildman–Crippen LogP) is 13.9. The number of methoxy groups -OCH3 is 2.